The molecule has 2 heterocycles. The Labute approximate surface area is 223 Å². The van der Waals surface area contributed by atoms with Crippen LogP contribution in [-0.4, -0.2) is 16.8 Å². The lowest BCUT2D eigenvalue weighted by Crippen LogP contribution is -2.29. The normalized spacial score (nSPS) is 16.7. The van der Waals surface area contributed by atoms with Crippen LogP contribution in [0.2, 0.25) is 0 Å². The Kier molecular flexibility index (Phi) is 6.23. The summed E-state index contributed by atoms with van der Waals surface area (Å²) in [5, 5.41) is 15.2. The molecule has 1 aliphatic heterocycles. The van der Waals surface area contributed by atoms with Gasteiger partial charge in [0.1, 0.15) is 24.2 Å². The number of hydrogen-bond acceptors (Lipinski definition) is 5. The van der Waals surface area contributed by atoms with E-state index < -0.39 is 17.7 Å². The highest BCUT2D eigenvalue weighted by Crippen LogP contribution is 2.44. The Bertz CT molecular complexity index is 1650. The third-order valence-corrected chi connectivity index (χ3v) is 7.59. The summed E-state index contributed by atoms with van der Waals surface area (Å²) in [5.41, 5.74) is 2.20. The van der Waals surface area contributed by atoms with Crippen LogP contribution in [0.25, 0.3) is 16.5 Å². The first-order chi connectivity index (χ1) is 18.6. The Morgan fingerprint density at radius 3 is 2.32 bits per heavy atom. The summed E-state index contributed by atoms with van der Waals surface area (Å²) >= 11 is 1.44. The number of rotatable bonds is 6. The number of benzene rings is 4. The van der Waals surface area contributed by atoms with Crippen LogP contribution >= 0.6 is 11.3 Å². The molecule has 5 nitrogen and oxygen atoms in total. The average Bonchev–Trinajstić information content (AvgIpc) is 3.59. The molecule has 1 N–H and O–H groups in total. The summed E-state index contributed by atoms with van der Waals surface area (Å²) in [4.78, 5) is 29.1. The fourth-order valence-corrected chi connectivity index (χ4v) is 5.66. The van der Waals surface area contributed by atoms with E-state index in [1.54, 1.807) is 30.3 Å². The Morgan fingerprint density at radius 2 is 1.55 bits per heavy atom. The molecular weight excluding hydrogens is 494 g/mol. The molecule has 1 aromatic heterocycles. The summed E-state index contributed by atoms with van der Waals surface area (Å²) in [6.07, 6.45) is 0. The highest BCUT2D eigenvalue weighted by molar-refractivity contribution is 7.10. The van der Waals surface area contributed by atoms with Crippen LogP contribution in [0.5, 0.6) is 5.75 Å². The number of anilines is 1. The molecule has 6 rings (SSSR count). The standard InChI is InChI=1S/C32H23NO4S/c34-30(26-13-6-11-22-10-4-5-12-25(22)26)28-29(27-14-7-19-38-27)33(32(36)31(28)35)23-15-17-24(18-16-23)37-20-21-8-2-1-3-9-21/h1-19,29,34H,20H2/b30-28-. The lowest BCUT2D eigenvalue weighted by atomic mass is 9.96. The smallest absolute Gasteiger partial charge is 0.300 e. The van der Waals surface area contributed by atoms with Crippen molar-refractivity contribution >= 4 is 45.2 Å². The maximum atomic E-state index is 13.4. The van der Waals surface area contributed by atoms with Gasteiger partial charge in [0.2, 0.25) is 0 Å². The zero-order chi connectivity index (χ0) is 26.1. The van der Waals surface area contributed by atoms with Gasteiger partial charge in [0, 0.05) is 16.1 Å². The van der Waals surface area contributed by atoms with Gasteiger partial charge in [-0.1, -0.05) is 78.9 Å². The molecule has 0 aliphatic carbocycles. The minimum absolute atomic E-state index is 0.0817. The van der Waals surface area contributed by atoms with Gasteiger partial charge in [0.25, 0.3) is 11.7 Å². The number of carbonyl (C=O) groups excluding carboxylic acids is 2. The second kappa shape index (κ2) is 10.00. The minimum atomic E-state index is -0.745. The van der Waals surface area contributed by atoms with Crippen molar-refractivity contribution in [3.05, 3.63) is 136 Å². The van der Waals surface area contributed by atoms with Crippen LogP contribution in [0.4, 0.5) is 5.69 Å². The largest absolute Gasteiger partial charge is 0.507 e. The first-order valence-corrected chi connectivity index (χ1v) is 13.1. The molecule has 0 saturated carbocycles. The van der Waals surface area contributed by atoms with Crippen molar-refractivity contribution in [2.24, 2.45) is 0 Å². The first kappa shape index (κ1) is 23.7. The number of amides is 1. The van der Waals surface area contributed by atoms with Gasteiger partial charge in [-0.05, 0) is 52.0 Å². The number of aliphatic hydroxyl groups is 1. The van der Waals surface area contributed by atoms with Crippen LogP contribution in [0.15, 0.2) is 120 Å². The zero-order valence-corrected chi connectivity index (χ0v) is 21.1. The molecule has 1 unspecified atom stereocenters. The fraction of sp³-hybridized carbons (Fsp3) is 0.0625. The molecule has 0 bridgehead atoms. The molecule has 4 aromatic carbocycles. The second-order valence-electron chi connectivity index (χ2n) is 8.98. The maximum absolute atomic E-state index is 13.4. The molecule has 38 heavy (non-hydrogen) atoms. The Balaban J connectivity index is 1.39. The molecule has 186 valence electrons. The van der Waals surface area contributed by atoms with E-state index in [1.165, 1.54) is 16.2 Å². The summed E-state index contributed by atoms with van der Waals surface area (Å²) in [7, 11) is 0. The van der Waals surface area contributed by atoms with Crippen LogP contribution in [0.3, 0.4) is 0 Å². The Morgan fingerprint density at radius 1 is 0.816 bits per heavy atom. The van der Waals surface area contributed by atoms with Crippen LogP contribution in [-0.2, 0) is 16.2 Å². The van der Waals surface area contributed by atoms with Gasteiger partial charge in [-0.15, -0.1) is 11.3 Å². The maximum Gasteiger partial charge on any atom is 0.300 e. The summed E-state index contributed by atoms with van der Waals surface area (Å²) in [6, 6.07) is 33.2. The molecule has 1 atom stereocenters. The van der Waals surface area contributed by atoms with E-state index in [9.17, 15) is 14.7 Å². The predicted octanol–water partition coefficient (Wildman–Crippen LogP) is 7.11. The van der Waals surface area contributed by atoms with Crippen molar-refractivity contribution < 1.29 is 19.4 Å². The topological polar surface area (TPSA) is 66.8 Å². The molecule has 0 radical (unpaired) electrons. The minimum Gasteiger partial charge on any atom is -0.507 e. The Hall–Kier alpha value is -4.68. The molecule has 1 aliphatic rings. The summed E-state index contributed by atoms with van der Waals surface area (Å²) in [6.45, 7) is 0.422. The van der Waals surface area contributed by atoms with Crippen molar-refractivity contribution in [3.63, 3.8) is 0 Å². The third kappa shape index (κ3) is 4.25. The molecule has 1 amide bonds. The lowest BCUT2D eigenvalue weighted by molar-refractivity contribution is -0.132. The van der Waals surface area contributed by atoms with Crippen molar-refractivity contribution in [2.75, 3.05) is 4.90 Å². The molecular formula is C32H23NO4S. The number of carbonyl (C=O) groups is 2. The number of fused-ring (bicyclic) bond motifs is 1. The first-order valence-electron chi connectivity index (χ1n) is 12.2. The molecule has 1 fully saturated rings. The van der Waals surface area contributed by atoms with Gasteiger partial charge in [-0.3, -0.25) is 14.5 Å². The van der Waals surface area contributed by atoms with Gasteiger partial charge in [-0.25, -0.2) is 0 Å². The second-order valence-corrected chi connectivity index (χ2v) is 9.96. The van der Waals surface area contributed by atoms with E-state index in [0.717, 1.165) is 21.2 Å². The number of thiophene rings is 1. The third-order valence-electron chi connectivity index (χ3n) is 6.67. The monoisotopic (exact) mass is 517 g/mol. The van der Waals surface area contributed by atoms with E-state index in [-0.39, 0.29) is 11.3 Å². The van der Waals surface area contributed by atoms with Crippen molar-refractivity contribution in [1.29, 1.82) is 0 Å². The van der Waals surface area contributed by atoms with E-state index >= 15 is 0 Å². The molecule has 0 spiro atoms. The number of ether oxygens (including phenoxy) is 1. The number of hydrogen-bond donors (Lipinski definition) is 1. The van der Waals surface area contributed by atoms with E-state index in [4.69, 9.17) is 4.74 Å². The van der Waals surface area contributed by atoms with Crippen molar-refractivity contribution in [2.45, 2.75) is 12.6 Å². The van der Waals surface area contributed by atoms with Gasteiger partial charge in [-0.2, -0.15) is 0 Å². The van der Waals surface area contributed by atoms with E-state index in [1.807, 2.05) is 84.2 Å². The van der Waals surface area contributed by atoms with E-state index in [2.05, 4.69) is 0 Å². The highest BCUT2D eigenvalue weighted by atomic mass is 32.1. The summed E-state index contributed by atoms with van der Waals surface area (Å²) in [5.74, 6) is -0.914. The molecule has 5 aromatic rings. The van der Waals surface area contributed by atoms with Gasteiger partial charge in [0.05, 0.1) is 5.57 Å². The van der Waals surface area contributed by atoms with Crippen molar-refractivity contribution in [1.82, 2.24) is 0 Å². The van der Waals surface area contributed by atoms with Crippen LogP contribution < -0.4 is 9.64 Å². The molecule has 1 saturated heterocycles. The van der Waals surface area contributed by atoms with Gasteiger partial charge >= 0.3 is 0 Å². The molecule has 6 heteroatoms. The van der Waals surface area contributed by atoms with Crippen LogP contribution in [0, 0.1) is 0 Å². The highest BCUT2D eigenvalue weighted by Gasteiger charge is 2.47. The average molecular weight is 518 g/mol. The number of aliphatic hydroxyl groups excluding tert-OH is 1. The number of nitrogens with zero attached hydrogens (tertiary/aromatic N) is 1. The lowest BCUT2D eigenvalue weighted by Gasteiger charge is -2.24. The van der Waals surface area contributed by atoms with Crippen LogP contribution in [0.1, 0.15) is 22.0 Å². The number of Topliss-reactive ketones (excluding diaryl/α,β-unsaturated/α-hetero) is 1. The SMILES string of the molecule is O=C1C(=O)N(c2ccc(OCc3ccccc3)cc2)C(c2cccs2)/C1=C(/O)c1cccc2ccccc12. The number of ketones is 1. The predicted molar refractivity (Wildman–Crippen MR) is 150 cm³/mol. The fourth-order valence-electron chi connectivity index (χ4n) is 4.84. The van der Waals surface area contributed by atoms with E-state index in [0.29, 0.717) is 23.6 Å². The van der Waals surface area contributed by atoms with Gasteiger partial charge < -0.3 is 9.84 Å². The zero-order valence-electron chi connectivity index (χ0n) is 20.3. The summed E-state index contributed by atoms with van der Waals surface area (Å²) < 4.78 is 5.90. The van der Waals surface area contributed by atoms with Crippen molar-refractivity contribution in [3.8, 4) is 5.75 Å². The quantitative estimate of drug-likeness (QED) is 0.148. The van der Waals surface area contributed by atoms with Gasteiger partial charge in [0.15, 0.2) is 0 Å².